The van der Waals surface area contributed by atoms with Gasteiger partial charge in [0.05, 0.1) is 0 Å². The van der Waals surface area contributed by atoms with Gasteiger partial charge < -0.3 is 0 Å². The quantitative estimate of drug-likeness (QED) is 0.531. The van der Waals surface area contributed by atoms with Crippen molar-refractivity contribution < 1.29 is 0 Å². The zero-order valence-electron chi connectivity index (χ0n) is 8.90. The molecule has 1 saturated carbocycles. The van der Waals surface area contributed by atoms with Gasteiger partial charge in [0.1, 0.15) is 0 Å². The average molecular weight is 176 g/mol. The van der Waals surface area contributed by atoms with Crippen LogP contribution in [0.15, 0.2) is 11.6 Å². The second kappa shape index (κ2) is 5.86. The van der Waals surface area contributed by atoms with Gasteiger partial charge in [0.25, 0.3) is 0 Å². The molecule has 13 heavy (non-hydrogen) atoms. The maximum Gasteiger partial charge on any atom is 0.0121 e. The number of hydrogen-bond donors (Lipinski definition) is 0. The third-order valence-electron chi connectivity index (χ3n) is 2.58. The van der Waals surface area contributed by atoms with Crippen molar-refractivity contribution in [2.75, 3.05) is 0 Å². The number of hydrogen-bond acceptors (Lipinski definition) is 0. The molecule has 0 radical (unpaired) electrons. The van der Waals surface area contributed by atoms with Gasteiger partial charge in [-0.3, -0.25) is 0 Å². The fourth-order valence-electron chi connectivity index (χ4n) is 1.79. The van der Waals surface area contributed by atoms with Crippen LogP contribution in [-0.4, -0.2) is 0 Å². The predicted octanol–water partition coefficient (Wildman–Crippen LogP) is 3.93. The van der Waals surface area contributed by atoms with Crippen molar-refractivity contribution in [1.82, 2.24) is 0 Å². The summed E-state index contributed by atoms with van der Waals surface area (Å²) >= 11 is 0. The van der Waals surface area contributed by atoms with Crippen molar-refractivity contribution in [3.8, 4) is 11.8 Å². The average Bonchev–Trinajstić information content (AvgIpc) is 2.14. The van der Waals surface area contributed by atoms with Crippen molar-refractivity contribution in [3.63, 3.8) is 0 Å². The molecule has 0 heteroatoms. The third-order valence-corrected chi connectivity index (χ3v) is 2.58. The molecule has 1 aliphatic rings. The molecule has 1 aliphatic carbocycles. The minimum absolute atomic E-state index is 0.895. The van der Waals surface area contributed by atoms with Gasteiger partial charge in [-0.25, -0.2) is 0 Å². The molecule has 0 nitrogen and oxygen atoms in total. The van der Waals surface area contributed by atoms with Crippen LogP contribution in [0.1, 0.15) is 52.4 Å². The summed E-state index contributed by atoms with van der Waals surface area (Å²) in [7, 11) is 0. The summed E-state index contributed by atoms with van der Waals surface area (Å²) in [5.41, 5.74) is 1.30. The van der Waals surface area contributed by atoms with Crippen molar-refractivity contribution in [1.29, 1.82) is 0 Å². The van der Waals surface area contributed by atoms with Crippen molar-refractivity contribution in [2.45, 2.75) is 52.4 Å². The van der Waals surface area contributed by atoms with E-state index in [-0.39, 0.29) is 0 Å². The monoisotopic (exact) mass is 176 g/mol. The van der Waals surface area contributed by atoms with Crippen LogP contribution in [0, 0.1) is 17.8 Å². The van der Waals surface area contributed by atoms with E-state index in [1.807, 2.05) is 6.08 Å². The highest BCUT2D eigenvalue weighted by Gasteiger charge is 2.11. The van der Waals surface area contributed by atoms with Crippen LogP contribution in [0.25, 0.3) is 0 Å². The van der Waals surface area contributed by atoms with E-state index in [1.165, 1.54) is 37.7 Å². The van der Waals surface area contributed by atoms with E-state index in [4.69, 9.17) is 0 Å². The lowest BCUT2D eigenvalue weighted by Crippen LogP contribution is -2.04. The minimum Gasteiger partial charge on any atom is -0.0982 e. The Balaban J connectivity index is 2.23. The SMILES string of the molecule is CC(C)=CC#CCC1CCCCC1. The fraction of sp³-hybridized carbons (Fsp3) is 0.692. The molecule has 1 rings (SSSR count). The summed E-state index contributed by atoms with van der Waals surface area (Å²) < 4.78 is 0. The summed E-state index contributed by atoms with van der Waals surface area (Å²) in [4.78, 5) is 0. The molecule has 1 fully saturated rings. The van der Waals surface area contributed by atoms with Crippen LogP contribution in [-0.2, 0) is 0 Å². The Bertz CT molecular complexity index is 214. The van der Waals surface area contributed by atoms with Gasteiger partial charge in [0.2, 0.25) is 0 Å². The van der Waals surface area contributed by atoms with Crippen molar-refractivity contribution in [3.05, 3.63) is 11.6 Å². The summed E-state index contributed by atoms with van der Waals surface area (Å²) in [5.74, 6) is 7.28. The third kappa shape index (κ3) is 4.78. The molecule has 0 unspecified atom stereocenters. The first-order valence-corrected chi connectivity index (χ1v) is 5.41. The first-order chi connectivity index (χ1) is 6.29. The van der Waals surface area contributed by atoms with Crippen LogP contribution >= 0.6 is 0 Å². The topological polar surface area (TPSA) is 0 Å². The summed E-state index contributed by atoms with van der Waals surface area (Å²) in [5, 5.41) is 0. The first kappa shape index (κ1) is 10.4. The van der Waals surface area contributed by atoms with Gasteiger partial charge >= 0.3 is 0 Å². The molecule has 0 aliphatic heterocycles. The van der Waals surface area contributed by atoms with Crippen molar-refractivity contribution >= 4 is 0 Å². The first-order valence-electron chi connectivity index (χ1n) is 5.41. The molecule has 0 atom stereocenters. The molecule has 0 spiro atoms. The lowest BCUT2D eigenvalue weighted by atomic mass is 9.87. The van der Waals surface area contributed by atoms with Crippen molar-refractivity contribution in [2.24, 2.45) is 5.92 Å². The molecule has 72 valence electrons. The van der Waals surface area contributed by atoms with E-state index in [2.05, 4.69) is 25.7 Å². The largest absolute Gasteiger partial charge is 0.0982 e. The minimum atomic E-state index is 0.895. The molecule has 0 aromatic carbocycles. The number of allylic oxidation sites excluding steroid dienone is 2. The van der Waals surface area contributed by atoms with E-state index in [0.29, 0.717) is 0 Å². The Morgan fingerprint density at radius 1 is 1.23 bits per heavy atom. The fourth-order valence-corrected chi connectivity index (χ4v) is 1.79. The zero-order valence-corrected chi connectivity index (χ0v) is 8.90. The lowest BCUT2D eigenvalue weighted by molar-refractivity contribution is 0.365. The van der Waals surface area contributed by atoms with Crippen LogP contribution in [0.5, 0.6) is 0 Å². The second-order valence-corrected chi connectivity index (χ2v) is 4.25. The highest BCUT2D eigenvalue weighted by Crippen LogP contribution is 2.25. The molecular weight excluding hydrogens is 156 g/mol. The molecule has 0 aromatic heterocycles. The van der Waals surface area contributed by atoms with Gasteiger partial charge in [-0.1, -0.05) is 36.7 Å². The maximum atomic E-state index is 3.26. The summed E-state index contributed by atoms with van der Waals surface area (Å²) in [6.45, 7) is 4.19. The highest BCUT2D eigenvalue weighted by molar-refractivity contribution is 5.19. The zero-order chi connectivity index (χ0) is 9.52. The van der Waals surface area contributed by atoms with Gasteiger partial charge in [0, 0.05) is 6.42 Å². The van der Waals surface area contributed by atoms with E-state index in [9.17, 15) is 0 Å². The predicted molar refractivity (Wildman–Crippen MR) is 58.4 cm³/mol. The van der Waals surface area contributed by atoms with E-state index in [1.54, 1.807) is 0 Å². The Labute approximate surface area is 82.4 Å². The van der Waals surface area contributed by atoms with Gasteiger partial charge in [-0.2, -0.15) is 0 Å². The highest BCUT2D eigenvalue weighted by atomic mass is 14.2. The van der Waals surface area contributed by atoms with Crippen LogP contribution in [0.4, 0.5) is 0 Å². The summed E-state index contributed by atoms with van der Waals surface area (Å²) in [6.07, 6.45) is 10.2. The molecular formula is C13H20. The van der Waals surface area contributed by atoms with Crippen LogP contribution in [0.3, 0.4) is 0 Å². The second-order valence-electron chi connectivity index (χ2n) is 4.25. The van der Waals surface area contributed by atoms with Crippen LogP contribution < -0.4 is 0 Å². The lowest BCUT2D eigenvalue weighted by Gasteiger charge is -2.18. The Morgan fingerprint density at radius 3 is 2.54 bits per heavy atom. The van der Waals surface area contributed by atoms with Crippen LogP contribution in [0.2, 0.25) is 0 Å². The summed E-state index contributed by atoms with van der Waals surface area (Å²) in [6, 6.07) is 0. The normalized spacial score (nSPS) is 17.4. The number of rotatable bonds is 1. The van der Waals surface area contributed by atoms with Gasteiger partial charge in [-0.05, 0) is 38.7 Å². The smallest absolute Gasteiger partial charge is 0.0121 e. The molecule has 0 amide bonds. The molecule has 0 aromatic rings. The Morgan fingerprint density at radius 2 is 1.92 bits per heavy atom. The van der Waals surface area contributed by atoms with E-state index in [0.717, 1.165) is 12.3 Å². The molecule has 0 N–H and O–H groups in total. The Kier molecular flexibility index (Phi) is 4.68. The standard InChI is InChI=1S/C13H20/c1-12(2)8-6-7-11-13-9-4-3-5-10-13/h8,13H,3-5,9-11H2,1-2H3. The molecule has 0 saturated heterocycles. The molecule has 0 bridgehead atoms. The van der Waals surface area contributed by atoms with Gasteiger partial charge in [0.15, 0.2) is 0 Å². The molecule has 0 heterocycles. The van der Waals surface area contributed by atoms with E-state index < -0.39 is 0 Å². The Hall–Kier alpha value is -0.700. The van der Waals surface area contributed by atoms with E-state index >= 15 is 0 Å². The van der Waals surface area contributed by atoms with Gasteiger partial charge in [-0.15, -0.1) is 0 Å². The maximum absolute atomic E-state index is 3.26.